The molecule has 2 aromatic rings. The van der Waals surface area contributed by atoms with Gasteiger partial charge in [-0.2, -0.15) is 10.4 Å². The first-order chi connectivity index (χ1) is 16.0. The minimum Gasteiger partial charge on any atom is -0.477 e. The van der Waals surface area contributed by atoms with Gasteiger partial charge < -0.3 is 9.47 Å². The number of nitriles is 1. The van der Waals surface area contributed by atoms with Crippen molar-refractivity contribution >= 4 is 17.5 Å². The van der Waals surface area contributed by atoms with E-state index < -0.39 is 5.97 Å². The van der Waals surface area contributed by atoms with Crippen LogP contribution in [0.4, 0.5) is 5.82 Å². The van der Waals surface area contributed by atoms with Crippen molar-refractivity contribution in [2.45, 2.75) is 58.9 Å². The van der Waals surface area contributed by atoms with Crippen molar-refractivity contribution in [3.8, 4) is 11.9 Å². The molecule has 0 bridgehead atoms. The molecule has 2 aromatic heterocycles. The number of rotatable bonds is 7. The summed E-state index contributed by atoms with van der Waals surface area (Å²) in [6, 6.07) is 9.53. The van der Waals surface area contributed by atoms with Crippen LogP contribution in [0.25, 0.3) is 0 Å². The minimum absolute atomic E-state index is 0.185. The number of nitrogens with zero attached hydrogens (tertiary/aromatic N) is 5. The molecule has 2 aliphatic rings. The standard InChI is InChI=1S/C25H29N5O3/c1-4-32-24-19(25(31)33-5-2)11-12-20(28-24)21-14-22(17-8-6-7-9-17)30(29-21)23-13-10-18(15-26)16(3)27-23/h10-13,17,22H,4-9,14H2,1-3H3. The van der Waals surface area contributed by atoms with Crippen LogP contribution in [0.15, 0.2) is 29.4 Å². The Hall–Kier alpha value is -3.47. The van der Waals surface area contributed by atoms with Crippen molar-refractivity contribution < 1.29 is 14.3 Å². The van der Waals surface area contributed by atoms with Gasteiger partial charge in [0, 0.05) is 6.42 Å². The molecule has 0 aromatic carbocycles. The highest BCUT2D eigenvalue weighted by Gasteiger charge is 2.37. The Morgan fingerprint density at radius 3 is 2.61 bits per heavy atom. The fourth-order valence-corrected chi connectivity index (χ4v) is 4.62. The Labute approximate surface area is 194 Å². The maximum Gasteiger partial charge on any atom is 0.343 e. The van der Waals surface area contributed by atoms with Gasteiger partial charge in [-0.1, -0.05) is 12.8 Å². The van der Waals surface area contributed by atoms with Crippen LogP contribution < -0.4 is 9.75 Å². The van der Waals surface area contributed by atoms with Crippen LogP contribution in [0, 0.1) is 24.2 Å². The first kappa shape index (κ1) is 22.7. The largest absolute Gasteiger partial charge is 0.477 e. The lowest BCUT2D eigenvalue weighted by atomic mass is 9.93. The summed E-state index contributed by atoms with van der Waals surface area (Å²) in [4.78, 5) is 21.6. The van der Waals surface area contributed by atoms with Crippen LogP contribution >= 0.6 is 0 Å². The molecule has 33 heavy (non-hydrogen) atoms. The number of hydrazone groups is 1. The first-order valence-electron chi connectivity index (χ1n) is 11.6. The summed E-state index contributed by atoms with van der Waals surface area (Å²) in [5.74, 6) is 1.08. The Morgan fingerprint density at radius 1 is 1.15 bits per heavy atom. The molecule has 1 saturated carbocycles. The number of aromatic nitrogens is 2. The third kappa shape index (κ3) is 4.68. The first-order valence-corrected chi connectivity index (χ1v) is 11.6. The second kappa shape index (κ2) is 9.99. The van der Waals surface area contributed by atoms with E-state index in [9.17, 15) is 10.1 Å². The van der Waals surface area contributed by atoms with Crippen LogP contribution in [0.2, 0.25) is 0 Å². The number of aryl methyl sites for hydroxylation is 1. The number of anilines is 1. The third-order valence-electron chi connectivity index (χ3n) is 6.25. The molecule has 0 spiro atoms. The van der Waals surface area contributed by atoms with Crippen molar-refractivity contribution in [3.05, 3.63) is 46.8 Å². The normalized spacial score (nSPS) is 18.2. The summed E-state index contributed by atoms with van der Waals surface area (Å²) >= 11 is 0. The number of carbonyl (C=O) groups is 1. The molecule has 4 rings (SSSR count). The Bertz CT molecular complexity index is 1100. The monoisotopic (exact) mass is 447 g/mol. The van der Waals surface area contributed by atoms with Gasteiger partial charge >= 0.3 is 5.97 Å². The van der Waals surface area contributed by atoms with E-state index >= 15 is 0 Å². The molecule has 3 heterocycles. The fraction of sp³-hybridized carbons (Fsp3) is 0.480. The fourth-order valence-electron chi connectivity index (χ4n) is 4.62. The van der Waals surface area contributed by atoms with Gasteiger partial charge in [0.05, 0.1) is 41.9 Å². The summed E-state index contributed by atoms with van der Waals surface area (Å²) in [7, 11) is 0. The second-order valence-electron chi connectivity index (χ2n) is 8.32. The Kier molecular flexibility index (Phi) is 6.87. The van der Waals surface area contributed by atoms with Gasteiger partial charge in [0.1, 0.15) is 17.5 Å². The van der Waals surface area contributed by atoms with Crippen molar-refractivity contribution in [1.29, 1.82) is 5.26 Å². The summed E-state index contributed by atoms with van der Waals surface area (Å²) in [6.07, 6.45) is 5.52. The van der Waals surface area contributed by atoms with Crippen LogP contribution in [-0.4, -0.2) is 40.9 Å². The molecule has 0 saturated heterocycles. The maximum absolute atomic E-state index is 12.3. The number of hydrogen-bond donors (Lipinski definition) is 0. The number of carbonyl (C=O) groups excluding carboxylic acids is 1. The topological polar surface area (TPSA) is 101 Å². The molecule has 172 valence electrons. The number of ether oxygens (including phenoxy) is 2. The smallest absolute Gasteiger partial charge is 0.343 e. The predicted octanol–water partition coefficient (Wildman–Crippen LogP) is 4.41. The molecular weight excluding hydrogens is 418 g/mol. The quantitative estimate of drug-likeness (QED) is 0.580. The van der Waals surface area contributed by atoms with Crippen LogP contribution in [0.3, 0.4) is 0 Å². The van der Waals surface area contributed by atoms with Crippen LogP contribution in [0.5, 0.6) is 5.88 Å². The van der Waals surface area contributed by atoms with Gasteiger partial charge in [-0.15, -0.1) is 0 Å². The highest BCUT2D eigenvalue weighted by Crippen LogP contribution is 2.38. The molecule has 8 heteroatoms. The average Bonchev–Trinajstić information content (AvgIpc) is 3.49. The summed E-state index contributed by atoms with van der Waals surface area (Å²) < 4.78 is 10.8. The van der Waals surface area contributed by atoms with Crippen molar-refractivity contribution in [2.75, 3.05) is 18.2 Å². The highest BCUT2D eigenvalue weighted by atomic mass is 16.5. The number of pyridine rings is 2. The molecule has 0 radical (unpaired) electrons. The SMILES string of the molecule is CCOC(=O)c1ccc(C2=NN(c3ccc(C#N)c(C)n3)C(C3CCCC3)C2)nc1OCC. The zero-order valence-corrected chi connectivity index (χ0v) is 19.4. The molecule has 0 N–H and O–H groups in total. The lowest BCUT2D eigenvalue weighted by Crippen LogP contribution is -2.33. The van der Waals surface area contributed by atoms with E-state index in [1.165, 1.54) is 25.7 Å². The molecular formula is C25H29N5O3. The van der Waals surface area contributed by atoms with Crippen molar-refractivity contribution in [1.82, 2.24) is 9.97 Å². The Balaban J connectivity index is 1.70. The van der Waals surface area contributed by atoms with E-state index in [1.807, 2.05) is 24.9 Å². The summed E-state index contributed by atoms with van der Waals surface area (Å²) in [6.45, 7) is 6.14. The number of esters is 1. The van der Waals surface area contributed by atoms with Gasteiger partial charge in [0.2, 0.25) is 5.88 Å². The molecule has 0 amide bonds. The predicted molar refractivity (Wildman–Crippen MR) is 124 cm³/mol. The zero-order chi connectivity index (χ0) is 23.4. The van der Waals surface area contributed by atoms with E-state index in [4.69, 9.17) is 14.6 Å². The van der Waals surface area contributed by atoms with Gasteiger partial charge in [0.15, 0.2) is 0 Å². The van der Waals surface area contributed by atoms with Crippen molar-refractivity contribution in [2.24, 2.45) is 11.0 Å². The van der Waals surface area contributed by atoms with E-state index in [-0.39, 0.29) is 18.5 Å². The van der Waals surface area contributed by atoms with Crippen LogP contribution in [0.1, 0.15) is 73.3 Å². The van der Waals surface area contributed by atoms with Crippen LogP contribution in [-0.2, 0) is 4.74 Å². The molecule has 1 aliphatic carbocycles. The van der Waals surface area contributed by atoms with Gasteiger partial charge in [-0.25, -0.2) is 19.8 Å². The van der Waals surface area contributed by atoms with Gasteiger partial charge in [-0.05, 0) is 63.8 Å². The molecule has 1 fully saturated rings. The summed E-state index contributed by atoms with van der Waals surface area (Å²) in [5, 5.41) is 16.2. The second-order valence-corrected chi connectivity index (χ2v) is 8.32. The van der Waals surface area contributed by atoms with E-state index in [0.717, 1.165) is 18.0 Å². The van der Waals surface area contributed by atoms with E-state index in [1.54, 1.807) is 25.1 Å². The molecule has 1 aliphatic heterocycles. The molecule has 1 unspecified atom stereocenters. The molecule has 1 atom stereocenters. The number of hydrogen-bond acceptors (Lipinski definition) is 8. The summed E-state index contributed by atoms with van der Waals surface area (Å²) in [5.41, 5.74) is 3.10. The average molecular weight is 448 g/mol. The zero-order valence-electron chi connectivity index (χ0n) is 19.4. The van der Waals surface area contributed by atoms with E-state index in [0.29, 0.717) is 35.0 Å². The minimum atomic E-state index is -0.448. The van der Waals surface area contributed by atoms with Gasteiger partial charge in [0.25, 0.3) is 0 Å². The lowest BCUT2D eigenvalue weighted by molar-refractivity contribution is 0.0521. The molecule has 8 nitrogen and oxygen atoms in total. The highest BCUT2D eigenvalue weighted by molar-refractivity contribution is 6.02. The van der Waals surface area contributed by atoms with E-state index in [2.05, 4.69) is 16.0 Å². The maximum atomic E-state index is 12.3. The Morgan fingerprint density at radius 2 is 1.94 bits per heavy atom. The lowest BCUT2D eigenvalue weighted by Gasteiger charge is -2.27. The van der Waals surface area contributed by atoms with Gasteiger partial charge in [-0.3, -0.25) is 0 Å². The third-order valence-corrected chi connectivity index (χ3v) is 6.25. The van der Waals surface area contributed by atoms with Crippen molar-refractivity contribution in [3.63, 3.8) is 0 Å².